The first-order chi connectivity index (χ1) is 8.58. The lowest BCUT2D eigenvalue weighted by Gasteiger charge is -2.12. The minimum atomic E-state index is -0.210. The van der Waals surface area contributed by atoms with Crippen molar-refractivity contribution in [2.45, 2.75) is 20.0 Å². The van der Waals surface area contributed by atoms with Crippen molar-refractivity contribution in [2.75, 3.05) is 25.5 Å². The van der Waals surface area contributed by atoms with Crippen LogP contribution in [-0.2, 0) is 4.74 Å². The minimum absolute atomic E-state index is 0.0148. The smallest absolute Gasteiger partial charge is 0.252 e. The number of nitrogens with one attached hydrogen (secondary N) is 2. The summed E-state index contributed by atoms with van der Waals surface area (Å²) >= 11 is 5.96. The Morgan fingerprint density at radius 1 is 1.61 bits per heavy atom. The first kappa shape index (κ1) is 14.7. The van der Waals surface area contributed by atoms with Gasteiger partial charge in [-0.05, 0) is 19.9 Å². The van der Waals surface area contributed by atoms with Crippen LogP contribution in [0.4, 0.5) is 5.82 Å². The Labute approximate surface area is 112 Å². The van der Waals surface area contributed by atoms with Crippen molar-refractivity contribution < 1.29 is 9.53 Å². The quantitative estimate of drug-likeness (QED) is 0.830. The number of anilines is 1. The second kappa shape index (κ2) is 7.18. The normalized spacial score (nSPS) is 12.0. The lowest BCUT2D eigenvalue weighted by molar-refractivity contribution is 0.0695. The standard InChI is InChI=1S/C12H18ClN3O2/c1-4-18-8(2)6-16-12(17)9-5-10(13)11(14-3)15-7-9/h5,7-8H,4,6H2,1-3H3,(H,14,15)(H,16,17). The summed E-state index contributed by atoms with van der Waals surface area (Å²) < 4.78 is 5.32. The minimum Gasteiger partial charge on any atom is -0.377 e. The molecule has 0 fully saturated rings. The highest BCUT2D eigenvalue weighted by Gasteiger charge is 2.10. The Hall–Kier alpha value is -1.33. The maximum Gasteiger partial charge on any atom is 0.252 e. The molecule has 1 amide bonds. The van der Waals surface area contributed by atoms with E-state index in [0.29, 0.717) is 29.6 Å². The van der Waals surface area contributed by atoms with Crippen LogP contribution in [0.15, 0.2) is 12.3 Å². The maximum atomic E-state index is 11.8. The van der Waals surface area contributed by atoms with Gasteiger partial charge in [0.1, 0.15) is 5.82 Å². The molecule has 2 N–H and O–H groups in total. The summed E-state index contributed by atoms with van der Waals surface area (Å²) in [6.07, 6.45) is 1.47. The summed E-state index contributed by atoms with van der Waals surface area (Å²) in [4.78, 5) is 15.9. The lowest BCUT2D eigenvalue weighted by atomic mass is 10.2. The van der Waals surface area contributed by atoms with Crippen molar-refractivity contribution in [1.82, 2.24) is 10.3 Å². The number of rotatable bonds is 6. The summed E-state index contributed by atoms with van der Waals surface area (Å²) in [5, 5.41) is 6.02. The largest absolute Gasteiger partial charge is 0.377 e. The number of pyridine rings is 1. The van der Waals surface area contributed by atoms with Gasteiger partial charge in [-0.1, -0.05) is 11.6 Å². The van der Waals surface area contributed by atoms with Gasteiger partial charge in [-0.2, -0.15) is 0 Å². The van der Waals surface area contributed by atoms with E-state index in [4.69, 9.17) is 16.3 Å². The number of hydrogen-bond acceptors (Lipinski definition) is 4. The second-order valence-corrected chi connectivity index (χ2v) is 4.19. The molecule has 0 aromatic carbocycles. The van der Waals surface area contributed by atoms with Crippen molar-refractivity contribution in [2.24, 2.45) is 0 Å². The van der Waals surface area contributed by atoms with Gasteiger partial charge in [0.2, 0.25) is 0 Å². The van der Waals surface area contributed by atoms with E-state index in [1.807, 2.05) is 13.8 Å². The van der Waals surface area contributed by atoms with Crippen LogP contribution in [0.3, 0.4) is 0 Å². The highest BCUT2D eigenvalue weighted by Crippen LogP contribution is 2.19. The molecule has 1 aromatic heterocycles. The molecule has 0 radical (unpaired) electrons. The molecule has 5 nitrogen and oxygen atoms in total. The zero-order chi connectivity index (χ0) is 13.5. The van der Waals surface area contributed by atoms with Crippen molar-refractivity contribution in [3.8, 4) is 0 Å². The monoisotopic (exact) mass is 271 g/mol. The maximum absolute atomic E-state index is 11.8. The van der Waals surface area contributed by atoms with Crippen molar-refractivity contribution in [1.29, 1.82) is 0 Å². The number of amides is 1. The van der Waals surface area contributed by atoms with Gasteiger partial charge in [0.05, 0.1) is 16.7 Å². The van der Waals surface area contributed by atoms with Crippen LogP contribution in [0, 0.1) is 0 Å². The third kappa shape index (κ3) is 4.16. The van der Waals surface area contributed by atoms with E-state index >= 15 is 0 Å². The molecule has 1 heterocycles. The predicted octanol–water partition coefficient (Wildman–Crippen LogP) is 1.93. The van der Waals surface area contributed by atoms with Crippen LogP contribution in [0.1, 0.15) is 24.2 Å². The van der Waals surface area contributed by atoms with Gasteiger partial charge in [-0.3, -0.25) is 4.79 Å². The fraction of sp³-hybridized carbons (Fsp3) is 0.500. The van der Waals surface area contributed by atoms with Crippen LogP contribution < -0.4 is 10.6 Å². The molecular weight excluding hydrogens is 254 g/mol. The number of carbonyl (C=O) groups excluding carboxylic acids is 1. The van der Waals surface area contributed by atoms with Crippen molar-refractivity contribution >= 4 is 23.3 Å². The highest BCUT2D eigenvalue weighted by molar-refractivity contribution is 6.33. The molecule has 0 saturated heterocycles. The fourth-order valence-electron chi connectivity index (χ4n) is 1.43. The van der Waals surface area contributed by atoms with Gasteiger partial charge >= 0.3 is 0 Å². The summed E-state index contributed by atoms with van der Waals surface area (Å²) in [5.74, 6) is 0.342. The molecule has 1 rings (SSSR count). The second-order valence-electron chi connectivity index (χ2n) is 3.78. The highest BCUT2D eigenvalue weighted by atomic mass is 35.5. The molecule has 1 aromatic rings. The number of aromatic nitrogens is 1. The first-order valence-electron chi connectivity index (χ1n) is 5.81. The number of halogens is 1. The van der Waals surface area contributed by atoms with E-state index in [2.05, 4.69) is 15.6 Å². The summed E-state index contributed by atoms with van der Waals surface area (Å²) in [5.41, 5.74) is 0.433. The molecule has 1 unspecified atom stereocenters. The van der Waals surface area contributed by atoms with Gasteiger partial charge in [0, 0.05) is 26.4 Å². The Kier molecular flexibility index (Phi) is 5.88. The van der Waals surface area contributed by atoms with E-state index in [1.54, 1.807) is 13.1 Å². The van der Waals surface area contributed by atoms with Crippen LogP contribution in [0.25, 0.3) is 0 Å². The molecule has 0 bridgehead atoms. The van der Waals surface area contributed by atoms with Crippen molar-refractivity contribution in [3.63, 3.8) is 0 Å². The third-order valence-corrected chi connectivity index (χ3v) is 2.63. The molecule has 6 heteroatoms. The molecule has 100 valence electrons. The zero-order valence-corrected chi connectivity index (χ0v) is 11.5. The summed E-state index contributed by atoms with van der Waals surface area (Å²) in [7, 11) is 1.72. The van der Waals surface area contributed by atoms with Crippen molar-refractivity contribution in [3.05, 3.63) is 22.8 Å². The molecule has 0 saturated carbocycles. The first-order valence-corrected chi connectivity index (χ1v) is 6.19. The van der Waals surface area contributed by atoms with E-state index in [-0.39, 0.29) is 12.0 Å². The Morgan fingerprint density at radius 3 is 2.89 bits per heavy atom. The van der Waals surface area contributed by atoms with E-state index in [0.717, 1.165) is 0 Å². The van der Waals surface area contributed by atoms with Crippen LogP contribution in [-0.4, -0.2) is 37.2 Å². The van der Waals surface area contributed by atoms with E-state index < -0.39 is 0 Å². The molecule has 0 aliphatic carbocycles. The molecule has 0 spiro atoms. The van der Waals surface area contributed by atoms with E-state index in [1.165, 1.54) is 6.20 Å². The van der Waals surface area contributed by atoms with Crippen LogP contribution in [0.2, 0.25) is 5.02 Å². The van der Waals surface area contributed by atoms with Gasteiger partial charge in [-0.15, -0.1) is 0 Å². The number of nitrogens with zero attached hydrogens (tertiary/aromatic N) is 1. The van der Waals surface area contributed by atoms with Gasteiger partial charge in [-0.25, -0.2) is 4.98 Å². The lowest BCUT2D eigenvalue weighted by Crippen LogP contribution is -2.32. The summed E-state index contributed by atoms with van der Waals surface area (Å²) in [6.45, 7) is 4.90. The third-order valence-electron chi connectivity index (χ3n) is 2.34. The number of ether oxygens (including phenoxy) is 1. The molecule has 1 atom stereocenters. The summed E-state index contributed by atoms with van der Waals surface area (Å²) in [6, 6.07) is 1.58. The zero-order valence-electron chi connectivity index (χ0n) is 10.8. The number of carbonyl (C=O) groups is 1. The molecule has 0 aliphatic heterocycles. The molecule has 0 aliphatic rings. The average Bonchev–Trinajstić information content (AvgIpc) is 2.36. The van der Waals surface area contributed by atoms with E-state index in [9.17, 15) is 4.79 Å². The van der Waals surface area contributed by atoms with Gasteiger partial charge < -0.3 is 15.4 Å². The molecule has 18 heavy (non-hydrogen) atoms. The van der Waals surface area contributed by atoms with Gasteiger partial charge in [0.15, 0.2) is 0 Å². The van der Waals surface area contributed by atoms with Gasteiger partial charge in [0.25, 0.3) is 5.91 Å². The molecular formula is C12H18ClN3O2. The van der Waals surface area contributed by atoms with Crippen LogP contribution in [0.5, 0.6) is 0 Å². The topological polar surface area (TPSA) is 63.2 Å². The number of hydrogen-bond donors (Lipinski definition) is 2. The predicted molar refractivity (Wildman–Crippen MR) is 72.2 cm³/mol. The SMILES string of the molecule is CCOC(C)CNC(=O)c1cnc(NC)c(Cl)c1. The fourth-order valence-corrected chi connectivity index (χ4v) is 1.69. The average molecular weight is 272 g/mol. The Morgan fingerprint density at radius 2 is 2.33 bits per heavy atom. The Bertz CT molecular complexity index is 412. The Balaban J connectivity index is 2.59. The van der Waals surface area contributed by atoms with Crippen LogP contribution >= 0.6 is 11.6 Å².